The zero-order valence-electron chi connectivity index (χ0n) is 11.6. The third-order valence-corrected chi connectivity index (χ3v) is 3.31. The Bertz CT molecular complexity index is 472. The van der Waals surface area contributed by atoms with Gasteiger partial charge >= 0.3 is 0 Å². The van der Waals surface area contributed by atoms with Crippen molar-refractivity contribution in [2.75, 3.05) is 5.32 Å². The summed E-state index contributed by atoms with van der Waals surface area (Å²) in [6.07, 6.45) is 2.15. The molecular formula is C17H22ClN. The molecule has 0 bridgehead atoms. The largest absolute Gasteiger partial charge is 0.381 e. The quantitative estimate of drug-likeness (QED) is 0.823. The van der Waals surface area contributed by atoms with E-state index in [0.717, 1.165) is 19.4 Å². The standard InChI is InChI=1S/C17H21N.ClH/c1-3-15-11-8-12-16(4-2)17(15)18-13-14-9-6-5-7-10-14;/h5-12,18H,3-4,13H2,1-2H3;1H. The number of para-hydroxylation sites is 1. The molecule has 1 nitrogen and oxygen atoms in total. The highest BCUT2D eigenvalue weighted by molar-refractivity contribution is 5.85. The van der Waals surface area contributed by atoms with Gasteiger partial charge in [-0.15, -0.1) is 12.4 Å². The number of anilines is 1. The molecule has 0 aliphatic carbocycles. The van der Waals surface area contributed by atoms with E-state index < -0.39 is 0 Å². The van der Waals surface area contributed by atoms with Crippen LogP contribution in [0.15, 0.2) is 48.5 Å². The van der Waals surface area contributed by atoms with Crippen LogP contribution in [0.2, 0.25) is 0 Å². The van der Waals surface area contributed by atoms with Crippen molar-refractivity contribution < 1.29 is 0 Å². The van der Waals surface area contributed by atoms with Crippen molar-refractivity contribution in [3.8, 4) is 0 Å². The van der Waals surface area contributed by atoms with Crippen LogP contribution in [0.5, 0.6) is 0 Å². The number of hydrogen-bond donors (Lipinski definition) is 1. The Labute approximate surface area is 122 Å². The van der Waals surface area contributed by atoms with Crippen LogP contribution in [0.3, 0.4) is 0 Å². The van der Waals surface area contributed by atoms with Gasteiger partial charge in [0.15, 0.2) is 0 Å². The molecule has 2 aromatic carbocycles. The molecule has 0 atom stereocenters. The first kappa shape index (κ1) is 15.6. The average Bonchev–Trinajstić information content (AvgIpc) is 2.45. The molecule has 0 aliphatic rings. The highest BCUT2D eigenvalue weighted by Gasteiger charge is 2.05. The van der Waals surface area contributed by atoms with Gasteiger partial charge in [-0.1, -0.05) is 62.4 Å². The van der Waals surface area contributed by atoms with Gasteiger partial charge in [-0.2, -0.15) is 0 Å². The van der Waals surface area contributed by atoms with Crippen LogP contribution in [0, 0.1) is 0 Å². The molecular weight excluding hydrogens is 254 g/mol. The smallest absolute Gasteiger partial charge is 0.0407 e. The van der Waals surface area contributed by atoms with E-state index in [1.54, 1.807) is 0 Å². The summed E-state index contributed by atoms with van der Waals surface area (Å²) in [5.74, 6) is 0. The first-order chi connectivity index (χ1) is 8.85. The summed E-state index contributed by atoms with van der Waals surface area (Å²) in [5, 5.41) is 3.60. The lowest BCUT2D eigenvalue weighted by Gasteiger charge is -2.15. The Morgan fingerprint density at radius 3 is 1.89 bits per heavy atom. The lowest BCUT2D eigenvalue weighted by Crippen LogP contribution is -2.05. The number of benzene rings is 2. The minimum atomic E-state index is 0. The minimum Gasteiger partial charge on any atom is -0.381 e. The number of hydrogen-bond acceptors (Lipinski definition) is 1. The Kier molecular flexibility index (Phi) is 6.44. The van der Waals surface area contributed by atoms with E-state index >= 15 is 0 Å². The molecule has 0 spiro atoms. The predicted octanol–water partition coefficient (Wildman–Crippen LogP) is 4.85. The maximum Gasteiger partial charge on any atom is 0.0407 e. The van der Waals surface area contributed by atoms with E-state index in [0.29, 0.717) is 0 Å². The van der Waals surface area contributed by atoms with Crippen LogP contribution in [0.4, 0.5) is 5.69 Å². The van der Waals surface area contributed by atoms with Crippen molar-refractivity contribution in [3.63, 3.8) is 0 Å². The number of aryl methyl sites for hydroxylation is 2. The Morgan fingerprint density at radius 1 is 0.789 bits per heavy atom. The van der Waals surface area contributed by atoms with Crippen molar-refractivity contribution in [2.45, 2.75) is 33.2 Å². The Morgan fingerprint density at radius 2 is 1.37 bits per heavy atom. The molecule has 2 aromatic rings. The van der Waals surface area contributed by atoms with Crippen LogP contribution in [-0.4, -0.2) is 0 Å². The summed E-state index contributed by atoms with van der Waals surface area (Å²) in [4.78, 5) is 0. The molecule has 1 N–H and O–H groups in total. The lowest BCUT2D eigenvalue weighted by atomic mass is 10.0. The molecule has 0 heterocycles. The molecule has 0 saturated heterocycles. The van der Waals surface area contributed by atoms with Gasteiger partial charge in [0.1, 0.15) is 0 Å². The average molecular weight is 276 g/mol. The normalized spacial score (nSPS) is 9.79. The fraction of sp³-hybridized carbons (Fsp3) is 0.294. The van der Waals surface area contributed by atoms with Gasteiger partial charge in [-0.05, 0) is 29.5 Å². The van der Waals surface area contributed by atoms with E-state index in [4.69, 9.17) is 0 Å². The Hall–Kier alpha value is -1.47. The van der Waals surface area contributed by atoms with Crippen molar-refractivity contribution in [2.24, 2.45) is 0 Å². The summed E-state index contributed by atoms with van der Waals surface area (Å²) in [5.41, 5.74) is 5.47. The molecule has 0 aromatic heterocycles. The zero-order valence-corrected chi connectivity index (χ0v) is 12.5. The van der Waals surface area contributed by atoms with Gasteiger partial charge in [0.05, 0.1) is 0 Å². The molecule has 0 amide bonds. The molecule has 0 unspecified atom stereocenters. The van der Waals surface area contributed by atoms with Crippen LogP contribution < -0.4 is 5.32 Å². The SMILES string of the molecule is CCc1cccc(CC)c1NCc1ccccc1.Cl. The van der Waals surface area contributed by atoms with Gasteiger partial charge in [-0.25, -0.2) is 0 Å². The number of halogens is 1. The fourth-order valence-electron chi connectivity index (χ4n) is 2.26. The number of nitrogens with one attached hydrogen (secondary N) is 1. The summed E-state index contributed by atoms with van der Waals surface area (Å²) < 4.78 is 0. The molecule has 19 heavy (non-hydrogen) atoms. The van der Waals surface area contributed by atoms with Crippen molar-refractivity contribution in [3.05, 3.63) is 65.2 Å². The van der Waals surface area contributed by atoms with Gasteiger partial charge in [0.25, 0.3) is 0 Å². The van der Waals surface area contributed by atoms with E-state index in [1.807, 2.05) is 0 Å². The Balaban J connectivity index is 0.00000180. The summed E-state index contributed by atoms with van der Waals surface area (Å²) >= 11 is 0. The van der Waals surface area contributed by atoms with Crippen molar-refractivity contribution in [1.29, 1.82) is 0 Å². The van der Waals surface area contributed by atoms with E-state index in [-0.39, 0.29) is 12.4 Å². The molecule has 0 radical (unpaired) electrons. The minimum absolute atomic E-state index is 0. The number of rotatable bonds is 5. The summed E-state index contributed by atoms with van der Waals surface area (Å²) in [6, 6.07) is 17.1. The lowest BCUT2D eigenvalue weighted by molar-refractivity contribution is 1.05. The van der Waals surface area contributed by atoms with E-state index in [9.17, 15) is 0 Å². The fourth-order valence-corrected chi connectivity index (χ4v) is 2.26. The summed E-state index contributed by atoms with van der Waals surface area (Å²) in [7, 11) is 0. The first-order valence-electron chi connectivity index (χ1n) is 6.73. The van der Waals surface area contributed by atoms with Crippen LogP contribution in [-0.2, 0) is 19.4 Å². The summed E-state index contributed by atoms with van der Waals surface area (Å²) in [6.45, 7) is 5.32. The van der Waals surface area contributed by atoms with Gasteiger partial charge in [0, 0.05) is 12.2 Å². The van der Waals surface area contributed by atoms with Crippen molar-refractivity contribution in [1.82, 2.24) is 0 Å². The van der Waals surface area contributed by atoms with Crippen LogP contribution in [0.25, 0.3) is 0 Å². The molecule has 102 valence electrons. The topological polar surface area (TPSA) is 12.0 Å². The monoisotopic (exact) mass is 275 g/mol. The second-order valence-corrected chi connectivity index (χ2v) is 4.50. The highest BCUT2D eigenvalue weighted by Crippen LogP contribution is 2.23. The maximum atomic E-state index is 3.60. The molecule has 0 fully saturated rings. The van der Waals surface area contributed by atoms with Gasteiger partial charge < -0.3 is 5.32 Å². The first-order valence-corrected chi connectivity index (χ1v) is 6.73. The molecule has 2 rings (SSSR count). The van der Waals surface area contributed by atoms with Gasteiger partial charge in [0.2, 0.25) is 0 Å². The third kappa shape index (κ3) is 4.00. The maximum absolute atomic E-state index is 3.60. The zero-order chi connectivity index (χ0) is 12.8. The molecule has 0 aliphatic heterocycles. The van der Waals surface area contributed by atoms with Crippen molar-refractivity contribution >= 4 is 18.1 Å². The van der Waals surface area contributed by atoms with Crippen LogP contribution >= 0.6 is 12.4 Å². The third-order valence-electron chi connectivity index (χ3n) is 3.31. The van der Waals surface area contributed by atoms with Gasteiger partial charge in [-0.3, -0.25) is 0 Å². The highest BCUT2D eigenvalue weighted by atomic mass is 35.5. The molecule has 0 saturated carbocycles. The second kappa shape index (κ2) is 7.85. The van der Waals surface area contributed by atoms with E-state index in [2.05, 4.69) is 67.7 Å². The molecule has 2 heteroatoms. The van der Waals surface area contributed by atoms with Crippen LogP contribution in [0.1, 0.15) is 30.5 Å². The predicted molar refractivity (Wildman–Crippen MR) is 86.2 cm³/mol. The second-order valence-electron chi connectivity index (χ2n) is 4.50. The van der Waals surface area contributed by atoms with E-state index in [1.165, 1.54) is 22.4 Å².